The molecule has 27 heavy (non-hydrogen) atoms. The molecule has 3 rings (SSSR count). The molecule has 0 bridgehead atoms. The number of hydrogen-bond donors (Lipinski definition) is 2. The fourth-order valence-corrected chi connectivity index (χ4v) is 3.58. The predicted octanol–water partition coefficient (Wildman–Crippen LogP) is 4.35. The number of aromatic nitrogens is 1. The molecule has 0 radical (unpaired) electrons. The molecule has 0 aliphatic heterocycles. The van der Waals surface area contributed by atoms with Crippen LogP contribution in [0.15, 0.2) is 42.7 Å². The Bertz CT molecular complexity index is 747. The summed E-state index contributed by atoms with van der Waals surface area (Å²) in [5.41, 5.74) is 2.09. The van der Waals surface area contributed by atoms with Crippen molar-refractivity contribution in [1.82, 2.24) is 10.3 Å². The van der Waals surface area contributed by atoms with Gasteiger partial charge in [0.1, 0.15) is 5.82 Å². The zero-order valence-corrected chi connectivity index (χ0v) is 15.7. The van der Waals surface area contributed by atoms with Gasteiger partial charge in [-0.1, -0.05) is 25.3 Å². The second kappa shape index (κ2) is 9.35. The molecule has 1 saturated carbocycles. The van der Waals surface area contributed by atoms with Gasteiger partial charge in [0.15, 0.2) is 0 Å². The van der Waals surface area contributed by atoms with Gasteiger partial charge in [-0.05, 0) is 49.1 Å². The van der Waals surface area contributed by atoms with E-state index in [1.54, 1.807) is 24.5 Å². The molecule has 0 atom stereocenters. The summed E-state index contributed by atoms with van der Waals surface area (Å²) in [6.45, 7) is 0.489. The molecular weight excluding hydrogens is 343 g/mol. The summed E-state index contributed by atoms with van der Waals surface area (Å²) in [7, 11) is 1.95. The van der Waals surface area contributed by atoms with E-state index in [1.807, 2.05) is 24.1 Å². The smallest absolute Gasteiger partial charge is 0.319 e. The summed E-state index contributed by atoms with van der Waals surface area (Å²) in [4.78, 5) is 18.1. The zero-order chi connectivity index (χ0) is 19.1. The van der Waals surface area contributed by atoms with E-state index in [0.29, 0.717) is 30.4 Å². The highest BCUT2D eigenvalue weighted by molar-refractivity contribution is 5.89. The highest BCUT2D eigenvalue weighted by atomic mass is 19.1. The topological polar surface area (TPSA) is 57.3 Å². The van der Waals surface area contributed by atoms with Crippen LogP contribution in [0, 0.1) is 5.82 Å². The number of rotatable bonds is 6. The molecule has 1 aromatic carbocycles. The van der Waals surface area contributed by atoms with Crippen LogP contribution >= 0.6 is 0 Å². The molecule has 2 amide bonds. The van der Waals surface area contributed by atoms with Gasteiger partial charge in [0, 0.05) is 37.7 Å². The first kappa shape index (κ1) is 19.1. The van der Waals surface area contributed by atoms with Crippen LogP contribution in [0.5, 0.6) is 0 Å². The monoisotopic (exact) mass is 370 g/mol. The summed E-state index contributed by atoms with van der Waals surface area (Å²) in [6, 6.07) is 8.76. The Kier molecular flexibility index (Phi) is 6.63. The van der Waals surface area contributed by atoms with E-state index < -0.39 is 0 Å². The Balaban J connectivity index is 1.51. The summed E-state index contributed by atoms with van der Waals surface area (Å²) in [5, 5.41) is 5.47. The quantitative estimate of drug-likeness (QED) is 0.795. The molecule has 2 N–H and O–H groups in total. The third-order valence-corrected chi connectivity index (χ3v) is 5.13. The number of hydrogen-bond acceptors (Lipinski definition) is 3. The molecule has 1 aliphatic rings. The summed E-state index contributed by atoms with van der Waals surface area (Å²) >= 11 is 0. The van der Waals surface area contributed by atoms with Crippen molar-refractivity contribution >= 4 is 17.4 Å². The van der Waals surface area contributed by atoms with Crippen LogP contribution in [0.1, 0.15) is 37.7 Å². The zero-order valence-electron chi connectivity index (χ0n) is 15.7. The van der Waals surface area contributed by atoms with E-state index in [9.17, 15) is 9.18 Å². The molecule has 0 saturated heterocycles. The van der Waals surface area contributed by atoms with Crippen LogP contribution in [0.2, 0.25) is 0 Å². The Hall–Kier alpha value is -2.63. The predicted molar refractivity (Wildman–Crippen MR) is 107 cm³/mol. The molecule has 1 aromatic heterocycles. The first-order valence-corrected chi connectivity index (χ1v) is 9.59. The number of nitrogens with one attached hydrogen (secondary N) is 2. The van der Waals surface area contributed by atoms with Crippen LogP contribution in [0.3, 0.4) is 0 Å². The minimum Gasteiger partial charge on any atom is -0.369 e. The van der Waals surface area contributed by atoms with E-state index in [2.05, 4.69) is 15.6 Å². The van der Waals surface area contributed by atoms with Gasteiger partial charge >= 0.3 is 6.03 Å². The fraction of sp³-hybridized carbons (Fsp3) is 0.429. The number of nitrogens with zero attached hydrogens (tertiary/aromatic N) is 2. The fourth-order valence-electron chi connectivity index (χ4n) is 3.58. The normalized spacial score (nSPS) is 14.6. The van der Waals surface area contributed by atoms with Gasteiger partial charge in [0.05, 0.1) is 5.69 Å². The number of pyridine rings is 1. The van der Waals surface area contributed by atoms with Gasteiger partial charge in [0.25, 0.3) is 0 Å². The molecule has 2 aromatic rings. The molecule has 0 spiro atoms. The lowest BCUT2D eigenvalue weighted by molar-refractivity contribution is 0.252. The number of amides is 2. The summed E-state index contributed by atoms with van der Waals surface area (Å²) < 4.78 is 14.6. The maximum atomic E-state index is 14.6. The molecule has 1 aliphatic carbocycles. The SMILES string of the molecule is CN(c1ccc(NC(=O)NCCc2cccnc2)cc1F)C1CCCCC1. The van der Waals surface area contributed by atoms with Crippen LogP contribution < -0.4 is 15.5 Å². The van der Waals surface area contributed by atoms with Gasteiger partial charge in [-0.2, -0.15) is 0 Å². The van der Waals surface area contributed by atoms with Gasteiger partial charge in [0.2, 0.25) is 0 Å². The molecule has 5 nitrogen and oxygen atoms in total. The lowest BCUT2D eigenvalue weighted by Gasteiger charge is -2.33. The minimum atomic E-state index is -0.341. The largest absolute Gasteiger partial charge is 0.369 e. The van der Waals surface area contributed by atoms with E-state index in [4.69, 9.17) is 0 Å². The van der Waals surface area contributed by atoms with Gasteiger partial charge < -0.3 is 15.5 Å². The number of carbonyl (C=O) groups excluding carboxylic acids is 1. The second-order valence-electron chi connectivity index (χ2n) is 7.06. The van der Waals surface area contributed by atoms with Crippen LogP contribution in [-0.2, 0) is 6.42 Å². The van der Waals surface area contributed by atoms with E-state index in [0.717, 1.165) is 18.4 Å². The van der Waals surface area contributed by atoms with Gasteiger partial charge in [-0.25, -0.2) is 9.18 Å². The number of halogens is 1. The summed E-state index contributed by atoms with van der Waals surface area (Å²) in [5.74, 6) is -0.309. The van der Waals surface area contributed by atoms with E-state index in [-0.39, 0.29) is 11.8 Å². The third-order valence-electron chi connectivity index (χ3n) is 5.13. The van der Waals surface area contributed by atoms with Gasteiger partial charge in [-0.3, -0.25) is 4.98 Å². The molecule has 6 heteroatoms. The first-order chi connectivity index (χ1) is 13.1. The Morgan fingerprint density at radius 2 is 2.07 bits per heavy atom. The Labute approximate surface area is 160 Å². The third kappa shape index (κ3) is 5.42. The van der Waals surface area contributed by atoms with Crippen LogP contribution in [0.4, 0.5) is 20.6 Å². The standard InChI is InChI=1S/C21H27FN4O/c1-26(18-7-3-2-4-8-18)20-10-9-17(14-19(20)22)25-21(27)24-13-11-16-6-5-12-23-15-16/h5-6,9-10,12,14-15,18H,2-4,7-8,11,13H2,1H3,(H2,24,25,27). The highest BCUT2D eigenvalue weighted by Crippen LogP contribution is 2.29. The lowest BCUT2D eigenvalue weighted by atomic mass is 9.94. The average Bonchev–Trinajstić information content (AvgIpc) is 2.69. The minimum absolute atomic E-state index is 0.309. The number of urea groups is 1. The van der Waals surface area contributed by atoms with Crippen molar-refractivity contribution in [3.8, 4) is 0 Å². The Morgan fingerprint density at radius 1 is 1.26 bits per heavy atom. The number of anilines is 2. The average molecular weight is 370 g/mol. The van der Waals surface area contributed by atoms with Crippen molar-refractivity contribution < 1.29 is 9.18 Å². The maximum Gasteiger partial charge on any atom is 0.319 e. The van der Waals surface area contributed by atoms with Crippen molar-refractivity contribution in [3.05, 3.63) is 54.1 Å². The highest BCUT2D eigenvalue weighted by Gasteiger charge is 2.20. The molecule has 0 unspecified atom stereocenters. The first-order valence-electron chi connectivity index (χ1n) is 9.59. The van der Waals surface area contributed by atoms with E-state index in [1.165, 1.54) is 25.3 Å². The molecule has 1 fully saturated rings. The van der Waals surface area contributed by atoms with Crippen LogP contribution in [-0.4, -0.2) is 30.6 Å². The van der Waals surface area contributed by atoms with Crippen molar-refractivity contribution in [2.24, 2.45) is 0 Å². The van der Waals surface area contributed by atoms with Crippen molar-refractivity contribution in [2.75, 3.05) is 23.8 Å². The van der Waals surface area contributed by atoms with E-state index >= 15 is 0 Å². The number of carbonyl (C=O) groups is 1. The molecule has 1 heterocycles. The van der Waals surface area contributed by atoms with Gasteiger partial charge in [-0.15, -0.1) is 0 Å². The van der Waals surface area contributed by atoms with Crippen molar-refractivity contribution in [3.63, 3.8) is 0 Å². The van der Waals surface area contributed by atoms with Crippen molar-refractivity contribution in [1.29, 1.82) is 0 Å². The Morgan fingerprint density at radius 3 is 2.78 bits per heavy atom. The lowest BCUT2D eigenvalue weighted by Crippen LogP contribution is -2.34. The molecular formula is C21H27FN4O. The van der Waals surface area contributed by atoms with Crippen molar-refractivity contribution in [2.45, 2.75) is 44.6 Å². The molecule has 144 valence electrons. The number of benzene rings is 1. The maximum absolute atomic E-state index is 14.6. The van der Waals surface area contributed by atoms with Crippen LogP contribution in [0.25, 0.3) is 0 Å². The second-order valence-corrected chi connectivity index (χ2v) is 7.06. The summed E-state index contributed by atoms with van der Waals surface area (Å²) in [6.07, 6.45) is 10.1.